The maximum atomic E-state index is 12.2. The minimum atomic E-state index is -0.502. The monoisotopic (exact) mass is 321 g/mol. The van der Waals surface area contributed by atoms with Crippen molar-refractivity contribution in [2.45, 2.75) is 13.8 Å². The third-order valence-electron chi connectivity index (χ3n) is 3.30. The fourth-order valence-corrected chi connectivity index (χ4v) is 2.29. The predicted octanol–water partition coefficient (Wildman–Crippen LogP) is 2.85. The van der Waals surface area contributed by atoms with E-state index in [1.165, 1.54) is 21.3 Å². The number of aryl methyl sites for hydroxylation is 1. The SMILES string of the molecule is CCOC(=O)c1c(-c2ccc(OC)c(OC)c2OC)noc1C. The first-order chi connectivity index (χ1) is 11.1. The first-order valence-corrected chi connectivity index (χ1v) is 7.01. The van der Waals surface area contributed by atoms with Gasteiger partial charge in [0.05, 0.1) is 33.5 Å². The predicted molar refractivity (Wildman–Crippen MR) is 82.3 cm³/mol. The number of aromatic nitrogens is 1. The van der Waals surface area contributed by atoms with E-state index in [0.29, 0.717) is 34.3 Å². The van der Waals surface area contributed by atoms with Crippen LogP contribution in [0.5, 0.6) is 17.2 Å². The van der Waals surface area contributed by atoms with Crippen molar-refractivity contribution in [2.75, 3.05) is 27.9 Å². The molecule has 0 aliphatic carbocycles. The Morgan fingerprint density at radius 2 is 1.83 bits per heavy atom. The average molecular weight is 321 g/mol. The second-order valence-electron chi connectivity index (χ2n) is 4.56. The minimum absolute atomic E-state index is 0.256. The lowest BCUT2D eigenvalue weighted by Crippen LogP contribution is -2.07. The smallest absolute Gasteiger partial charge is 0.344 e. The van der Waals surface area contributed by atoms with Crippen LogP contribution in [0.15, 0.2) is 16.7 Å². The first-order valence-electron chi connectivity index (χ1n) is 7.01. The molecule has 124 valence electrons. The zero-order valence-electron chi connectivity index (χ0n) is 13.8. The highest BCUT2D eigenvalue weighted by Gasteiger charge is 2.27. The Kier molecular flexibility index (Phi) is 5.10. The molecule has 2 aromatic rings. The lowest BCUT2D eigenvalue weighted by molar-refractivity contribution is 0.0525. The largest absolute Gasteiger partial charge is 0.493 e. The van der Waals surface area contributed by atoms with Gasteiger partial charge in [-0.2, -0.15) is 0 Å². The van der Waals surface area contributed by atoms with Crippen LogP contribution in [0.25, 0.3) is 11.3 Å². The molecular formula is C16H19NO6. The fourth-order valence-electron chi connectivity index (χ4n) is 2.29. The molecule has 0 fully saturated rings. The average Bonchev–Trinajstić information content (AvgIpc) is 2.94. The Hall–Kier alpha value is -2.70. The van der Waals surface area contributed by atoms with Gasteiger partial charge >= 0.3 is 5.97 Å². The zero-order valence-corrected chi connectivity index (χ0v) is 13.8. The summed E-state index contributed by atoms with van der Waals surface area (Å²) in [7, 11) is 4.53. The maximum Gasteiger partial charge on any atom is 0.344 e. The van der Waals surface area contributed by atoms with Gasteiger partial charge in [0, 0.05) is 0 Å². The van der Waals surface area contributed by atoms with Crippen molar-refractivity contribution >= 4 is 5.97 Å². The number of hydrogen-bond acceptors (Lipinski definition) is 7. The highest BCUT2D eigenvalue weighted by atomic mass is 16.5. The molecule has 0 saturated carbocycles. The van der Waals surface area contributed by atoms with Crippen LogP contribution < -0.4 is 14.2 Å². The summed E-state index contributed by atoms with van der Waals surface area (Å²) in [6, 6.07) is 3.43. The summed E-state index contributed by atoms with van der Waals surface area (Å²) in [6.07, 6.45) is 0. The molecule has 1 aromatic carbocycles. The lowest BCUT2D eigenvalue weighted by atomic mass is 10.0. The highest BCUT2D eigenvalue weighted by Crippen LogP contribution is 2.45. The number of benzene rings is 1. The van der Waals surface area contributed by atoms with E-state index < -0.39 is 5.97 Å². The van der Waals surface area contributed by atoms with Crippen molar-refractivity contribution < 1.29 is 28.3 Å². The summed E-state index contributed by atoms with van der Waals surface area (Å²) in [5, 5.41) is 3.98. The molecule has 0 amide bonds. The van der Waals surface area contributed by atoms with E-state index in [-0.39, 0.29) is 12.2 Å². The van der Waals surface area contributed by atoms with Gasteiger partial charge in [-0.15, -0.1) is 0 Å². The Morgan fingerprint density at radius 3 is 2.39 bits per heavy atom. The van der Waals surface area contributed by atoms with E-state index >= 15 is 0 Å². The zero-order chi connectivity index (χ0) is 17.0. The first kappa shape index (κ1) is 16.7. The van der Waals surface area contributed by atoms with Crippen molar-refractivity contribution in [3.63, 3.8) is 0 Å². The number of nitrogens with zero attached hydrogens (tertiary/aromatic N) is 1. The quantitative estimate of drug-likeness (QED) is 0.757. The fraction of sp³-hybridized carbons (Fsp3) is 0.375. The third kappa shape index (κ3) is 2.94. The molecule has 1 aromatic heterocycles. The molecular weight excluding hydrogens is 302 g/mol. The van der Waals surface area contributed by atoms with Crippen LogP contribution in [-0.2, 0) is 4.74 Å². The number of carbonyl (C=O) groups excluding carboxylic acids is 1. The van der Waals surface area contributed by atoms with Gasteiger partial charge in [0.2, 0.25) is 5.75 Å². The van der Waals surface area contributed by atoms with Crippen LogP contribution in [0.3, 0.4) is 0 Å². The summed E-state index contributed by atoms with van der Waals surface area (Å²) < 4.78 is 26.3. The highest BCUT2D eigenvalue weighted by molar-refractivity contribution is 5.98. The lowest BCUT2D eigenvalue weighted by Gasteiger charge is -2.15. The molecule has 1 heterocycles. The van der Waals surface area contributed by atoms with Crippen molar-refractivity contribution in [3.05, 3.63) is 23.5 Å². The number of ether oxygens (including phenoxy) is 4. The van der Waals surface area contributed by atoms with Crippen LogP contribution >= 0.6 is 0 Å². The molecule has 0 unspecified atom stereocenters. The Labute approximate surface area is 134 Å². The van der Waals surface area contributed by atoms with Gasteiger partial charge < -0.3 is 23.5 Å². The van der Waals surface area contributed by atoms with Crippen molar-refractivity contribution in [2.24, 2.45) is 0 Å². The van der Waals surface area contributed by atoms with Gasteiger partial charge in [-0.05, 0) is 26.0 Å². The van der Waals surface area contributed by atoms with Gasteiger partial charge in [0.25, 0.3) is 0 Å². The van der Waals surface area contributed by atoms with E-state index in [2.05, 4.69) is 5.16 Å². The van der Waals surface area contributed by atoms with E-state index in [0.717, 1.165) is 0 Å². The minimum Gasteiger partial charge on any atom is -0.493 e. The van der Waals surface area contributed by atoms with Gasteiger partial charge in [-0.3, -0.25) is 0 Å². The molecule has 0 saturated heterocycles. The standard InChI is InChI=1S/C16H19NO6/c1-6-22-16(18)12-9(2)23-17-13(12)10-7-8-11(19-3)15(21-5)14(10)20-4/h7-8H,6H2,1-5H3. The van der Waals surface area contributed by atoms with Gasteiger partial charge in [0.15, 0.2) is 11.5 Å². The molecule has 0 bridgehead atoms. The van der Waals surface area contributed by atoms with Crippen LogP contribution in [0.4, 0.5) is 0 Å². The maximum absolute atomic E-state index is 12.2. The molecule has 23 heavy (non-hydrogen) atoms. The molecule has 2 rings (SSSR count). The summed E-state index contributed by atoms with van der Waals surface area (Å²) in [4.78, 5) is 12.2. The summed E-state index contributed by atoms with van der Waals surface area (Å²) in [6.45, 7) is 3.64. The number of methoxy groups -OCH3 is 3. The molecule has 0 atom stereocenters. The van der Waals surface area contributed by atoms with Crippen LogP contribution in [0, 0.1) is 6.92 Å². The number of carbonyl (C=O) groups is 1. The normalized spacial score (nSPS) is 10.3. The Bertz CT molecular complexity index is 707. The summed E-state index contributed by atoms with van der Waals surface area (Å²) in [5.74, 6) is 1.17. The summed E-state index contributed by atoms with van der Waals surface area (Å²) in [5.41, 5.74) is 1.14. The molecule has 0 aliphatic rings. The van der Waals surface area contributed by atoms with Crippen LogP contribution in [-0.4, -0.2) is 39.1 Å². The van der Waals surface area contributed by atoms with E-state index in [9.17, 15) is 4.79 Å². The number of esters is 1. The van der Waals surface area contributed by atoms with E-state index in [1.807, 2.05) is 0 Å². The second-order valence-corrected chi connectivity index (χ2v) is 4.56. The van der Waals surface area contributed by atoms with Gasteiger partial charge in [-0.25, -0.2) is 4.79 Å². The number of rotatable bonds is 6. The van der Waals surface area contributed by atoms with Gasteiger partial charge in [0.1, 0.15) is 17.0 Å². The molecule has 7 heteroatoms. The molecule has 0 spiro atoms. The molecule has 7 nitrogen and oxygen atoms in total. The van der Waals surface area contributed by atoms with E-state index in [4.69, 9.17) is 23.5 Å². The van der Waals surface area contributed by atoms with Crippen molar-refractivity contribution in [1.82, 2.24) is 5.16 Å². The molecule has 0 N–H and O–H groups in total. The van der Waals surface area contributed by atoms with E-state index in [1.54, 1.807) is 26.0 Å². The van der Waals surface area contributed by atoms with Crippen molar-refractivity contribution in [1.29, 1.82) is 0 Å². The van der Waals surface area contributed by atoms with Crippen LogP contribution in [0.2, 0.25) is 0 Å². The Morgan fingerprint density at radius 1 is 1.13 bits per heavy atom. The Balaban J connectivity index is 2.66. The van der Waals surface area contributed by atoms with Gasteiger partial charge in [-0.1, -0.05) is 5.16 Å². The van der Waals surface area contributed by atoms with Crippen LogP contribution in [0.1, 0.15) is 23.0 Å². The number of hydrogen-bond donors (Lipinski definition) is 0. The molecule has 0 aliphatic heterocycles. The molecule has 0 radical (unpaired) electrons. The second kappa shape index (κ2) is 7.04. The van der Waals surface area contributed by atoms with Crippen molar-refractivity contribution in [3.8, 4) is 28.5 Å². The topological polar surface area (TPSA) is 80.0 Å². The summed E-state index contributed by atoms with van der Waals surface area (Å²) >= 11 is 0. The third-order valence-corrected chi connectivity index (χ3v) is 3.30.